The molecule has 2 rings (SSSR count). The summed E-state index contributed by atoms with van der Waals surface area (Å²) in [6, 6.07) is 9.12. The van der Waals surface area contributed by atoms with Gasteiger partial charge < -0.3 is 14.8 Å². The highest BCUT2D eigenvalue weighted by atomic mass is 79.9. The van der Waals surface area contributed by atoms with Crippen LogP contribution in [0, 0.1) is 5.82 Å². The Hall–Kier alpha value is -2.08. The Kier molecular flexibility index (Phi) is 5.98. The average Bonchev–Trinajstić information content (AvgIpc) is 2.56. The lowest BCUT2D eigenvalue weighted by atomic mass is 10.1. The van der Waals surface area contributed by atoms with Crippen molar-refractivity contribution in [2.24, 2.45) is 0 Å². The number of halogens is 2. The number of methoxy groups -OCH3 is 2. The summed E-state index contributed by atoms with van der Waals surface area (Å²) in [5, 5.41) is 2.80. The van der Waals surface area contributed by atoms with E-state index in [1.54, 1.807) is 14.2 Å². The Morgan fingerprint density at radius 1 is 1.13 bits per heavy atom. The lowest BCUT2D eigenvalue weighted by molar-refractivity contribution is 0.0954. The molecule has 0 atom stereocenters. The van der Waals surface area contributed by atoms with E-state index >= 15 is 0 Å². The highest BCUT2D eigenvalue weighted by molar-refractivity contribution is 9.10. The van der Waals surface area contributed by atoms with Crippen LogP contribution in [0.3, 0.4) is 0 Å². The third-order valence-corrected chi connectivity index (χ3v) is 3.96. The maximum Gasteiger partial charge on any atom is 0.251 e. The molecule has 0 bridgehead atoms. The highest BCUT2D eigenvalue weighted by Gasteiger charge is 2.10. The van der Waals surface area contributed by atoms with Gasteiger partial charge in [-0.2, -0.15) is 0 Å². The lowest BCUT2D eigenvalue weighted by Crippen LogP contribution is -2.25. The SMILES string of the molecule is COc1cc(CCNC(=O)c2ccc(F)cc2)c(OC)cc1Br. The minimum atomic E-state index is -0.367. The molecule has 1 amide bonds. The quantitative estimate of drug-likeness (QED) is 0.831. The zero-order chi connectivity index (χ0) is 16.8. The van der Waals surface area contributed by atoms with Crippen LogP contribution in [0.25, 0.3) is 0 Å². The molecule has 2 aromatic carbocycles. The van der Waals surface area contributed by atoms with E-state index in [0.717, 1.165) is 10.0 Å². The average molecular weight is 382 g/mol. The summed E-state index contributed by atoms with van der Waals surface area (Å²) in [4.78, 5) is 12.0. The van der Waals surface area contributed by atoms with Gasteiger partial charge in [0, 0.05) is 12.1 Å². The van der Waals surface area contributed by atoms with Crippen LogP contribution in [0.1, 0.15) is 15.9 Å². The summed E-state index contributed by atoms with van der Waals surface area (Å²) in [5.41, 5.74) is 1.35. The van der Waals surface area contributed by atoms with Crippen molar-refractivity contribution in [3.63, 3.8) is 0 Å². The molecule has 0 aliphatic heterocycles. The van der Waals surface area contributed by atoms with Crippen molar-refractivity contribution >= 4 is 21.8 Å². The third kappa shape index (κ3) is 4.45. The van der Waals surface area contributed by atoms with Crippen LogP contribution in [0.15, 0.2) is 40.9 Å². The van der Waals surface area contributed by atoms with Gasteiger partial charge in [0.25, 0.3) is 5.91 Å². The molecule has 23 heavy (non-hydrogen) atoms. The number of carbonyl (C=O) groups is 1. The Morgan fingerprint density at radius 2 is 1.78 bits per heavy atom. The number of benzene rings is 2. The summed E-state index contributed by atoms with van der Waals surface area (Å²) >= 11 is 3.40. The summed E-state index contributed by atoms with van der Waals surface area (Å²) in [6.07, 6.45) is 0.583. The predicted molar refractivity (Wildman–Crippen MR) is 89.7 cm³/mol. The fourth-order valence-electron chi connectivity index (χ4n) is 2.13. The van der Waals surface area contributed by atoms with Crippen molar-refractivity contribution in [1.82, 2.24) is 5.32 Å². The summed E-state index contributed by atoms with van der Waals surface area (Å²) in [6.45, 7) is 0.428. The molecule has 0 aromatic heterocycles. The predicted octanol–water partition coefficient (Wildman–Crippen LogP) is 3.58. The minimum absolute atomic E-state index is 0.243. The van der Waals surface area contributed by atoms with Gasteiger partial charge in [-0.25, -0.2) is 4.39 Å². The van der Waals surface area contributed by atoms with Crippen LogP contribution in [-0.4, -0.2) is 26.7 Å². The van der Waals surface area contributed by atoms with Crippen LogP contribution < -0.4 is 14.8 Å². The molecule has 6 heteroatoms. The number of hydrogen-bond acceptors (Lipinski definition) is 3. The number of rotatable bonds is 6. The number of nitrogens with one attached hydrogen (secondary N) is 1. The second-order valence-corrected chi connectivity index (χ2v) is 5.67. The molecule has 2 aromatic rings. The van der Waals surface area contributed by atoms with Crippen LogP contribution in [-0.2, 0) is 6.42 Å². The summed E-state index contributed by atoms with van der Waals surface area (Å²) in [7, 11) is 3.18. The first kappa shape index (κ1) is 17.3. The molecule has 1 N–H and O–H groups in total. The number of carbonyl (C=O) groups excluding carboxylic acids is 1. The van der Waals surface area contributed by atoms with Crippen molar-refractivity contribution in [2.45, 2.75) is 6.42 Å². The zero-order valence-electron chi connectivity index (χ0n) is 12.9. The van der Waals surface area contributed by atoms with E-state index in [-0.39, 0.29) is 11.7 Å². The van der Waals surface area contributed by atoms with Gasteiger partial charge in [0.05, 0.1) is 18.7 Å². The molecule has 122 valence electrons. The molecule has 0 spiro atoms. The molecule has 0 unspecified atom stereocenters. The molecule has 0 fully saturated rings. The van der Waals surface area contributed by atoms with Gasteiger partial charge in [0.15, 0.2) is 0 Å². The molecular weight excluding hydrogens is 365 g/mol. The minimum Gasteiger partial charge on any atom is -0.496 e. The molecule has 0 heterocycles. The molecule has 0 aliphatic rings. The van der Waals surface area contributed by atoms with E-state index in [9.17, 15) is 9.18 Å². The van der Waals surface area contributed by atoms with E-state index < -0.39 is 0 Å². The van der Waals surface area contributed by atoms with Crippen LogP contribution in [0.5, 0.6) is 11.5 Å². The second kappa shape index (κ2) is 7.97. The zero-order valence-corrected chi connectivity index (χ0v) is 14.4. The van der Waals surface area contributed by atoms with Gasteiger partial charge >= 0.3 is 0 Å². The first-order chi connectivity index (χ1) is 11.0. The van der Waals surface area contributed by atoms with Crippen molar-refractivity contribution < 1.29 is 18.7 Å². The van der Waals surface area contributed by atoms with E-state index in [1.807, 2.05) is 12.1 Å². The molecule has 0 aliphatic carbocycles. The summed E-state index contributed by atoms with van der Waals surface area (Å²) < 4.78 is 24.3. The second-order valence-electron chi connectivity index (χ2n) is 4.81. The lowest BCUT2D eigenvalue weighted by Gasteiger charge is -2.12. The van der Waals surface area contributed by atoms with E-state index in [4.69, 9.17) is 9.47 Å². The third-order valence-electron chi connectivity index (χ3n) is 3.34. The maximum absolute atomic E-state index is 12.8. The molecule has 4 nitrogen and oxygen atoms in total. The van der Waals surface area contributed by atoms with Gasteiger partial charge in [-0.15, -0.1) is 0 Å². The number of ether oxygens (including phenoxy) is 2. The van der Waals surface area contributed by atoms with Crippen LogP contribution >= 0.6 is 15.9 Å². The molecule has 0 radical (unpaired) electrons. The maximum atomic E-state index is 12.8. The smallest absolute Gasteiger partial charge is 0.251 e. The Balaban J connectivity index is 2.00. The van der Waals surface area contributed by atoms with Crippen molar-refractivity contribution in [3.05, 3.63) is 57.8 Å². The highest BCUT2D eigenvalue weighted by Crippen LogP contribution is 2.32. The number of hydrogen-bond donors (Lipinski definition) is 1. The fraction of sp³-hybridized carbons (Fsp3) is 0.235. The molecule has 0 saturated carbocycles. The van der Waals surface area contributed by atoms with Crippen molar-refractivity contribution in [3.8, 4) is 11.5 Å². The van der Waals surface area contributed by atoms with Crippen molar-refractivity contribution in [2.75, 3.05) is 20.8 Å². The fourth-order valence-corrected chi connectivity index (χ4v) is 2.62. The van der Waals surface area contributed by atoms with E-state index in [2.05, 4.69) is 21.2 Å². The summed E-state index contributed by atoms with van der Waals surface area (Å²) in [5.74, 6) is 0.806. The Bertz CT molecular complexity index is 689. The molecule has 0 saturated heterocycles. The van der Waals surface area contributed by atoms with Gasteiger partial charge in [-0.1, -0.05) is 0 Å². The standard InChI is InChI=1S/C17H17BrFNO3/c1-22-15-10-14(18)16(23-2)9-12(15)7-8-20-17(21)11-3-5-13(19)6-4-11/h3-6,9-10H,7-8H2,1-2H3,(H,20,21). The normalized spacial score (nSPS) is 10.3. The van der Waals surface area contributed by atoms with E-state index in [1.165, 1.54) is 24.3 Å². The Labute approximate surface area is 142 Å². The van der Waals surface area contributed by atoms with Gasteiger partial charge in [-0.3, -0.25) is 4.79 Å². The Morgan fingerprint density at radius 3 is 2.39 bits per heavy atom. The van der Waals surface area contributed by atoms with Crippen molar-refractivity contribution in [1.29, 1.82) is 0 Å². The first-order valence-electron chi connectivity index (χ1n) is 6.99. The molecular formula is C17H17BrFNO3. The van der Waals surface area contributed by atoms with Gasteiger partial charge in [0.2, 0.25) is 0 Å². The van der Waals surface area contributed by atoms with Crippen LogP contribution in [0.2, 0.25) is 0 Å². The largest absolute Gasteiger partial charge is 0.496 e. The van der Waals surface area contributed by atoms with Crippen LogP contribution in [0.4, 0.5) is 4.39 Å². The van der Waals surface area contributed by atoms with Gasteiger partial charge in [-0.05, 0) is 64.3 Å². The monoisotopic (exact) mass is 381 g/mol. The first-order valence-corrected chi connectivity index (χ1v) is 7.78. The number of amides is 1. The van der Waals surface area contributed by atoms with Gasteiger partial charge in [0.1, 0.15) is 17.3 Å². The van der Waals surface area contributed by atoms with E-state index in [0.29, 0.717) is 30.0 Å². The topological polar surface area (TPSA) is 47.6 Å².